The van der Waals surface area contributed by atoms with Crippen LogP contribution in [0.2, 0.25) is 0 Å². The highest BCUT2D eigenvalue weighted by atomic mass is 35.5. The van der Waals surface area contributed by atoms with Gasteiger partial charge in [-0.3, -0.25) is 0 Å². The molecule has 0 saturated carbocycles. The van der Waals surface area contributed by atoms with Gasteiger partial charge >= 0.3 is 5.97 Å². The van der Waals surface area contributed by atoms with E-state index in [2.05, 4.69) is 6.92 Å². The fourth-order valence-corrected chi connectivity index (χ4v) is 0.903. The zero-order valence-electron chi connectivity index (χ0n) is 6.64. The molecular weight excluding hydrogens is 164 g/mol. The normalized spacial score (nSPS) is 11.6. The van der Waals surface area contributed by atoms with Gasteiger partial charge in [0.2, 0.25) is 0 Å². The van der Waals surface area contributed by atoms with Gasteiger partial charge in [0, 0.05) is 5.57 Å². The van der Waals surface area contributed by atoms with E-state index in [4.69, 9.17) is 16.7 Å². The van der Waals surface area contributed by atoms with Gasteiger partial charge in [0.15, 0.2) is 0 Å². The molecule has 0 amide bonds. The predicted octanol–water partition coefficient (Wildman–Crippen LogP) is 2.43. The van der Waals surface area contributed by atoms with E-state index in [1.54, 1.807) is 6.08 Å². The average molecular weight is 177 g/mol. The number of aliphatic carboxylic acids is 1. The van der Waals surface area contributed by atoms with Gasteiger partial charge in [-0.2, -0.15) is 0 Å². The first-order valence-electron chi connectivity index (χ1n) is 3.70. The van der Waals surface area contributed by atoms with Gasteiger partial charge in [-0.05, 0) is 6.42 Å². The van der Waals surface area contributed by atoms with Crippen molar-refractivity contribution >= 4 is 17.6 Å². The molecule has 0 rings (SSSR count). The van der Waals surface area contributed by atoms with Gasteiger partial charge in [-0.15, -0.1) is 11.6 Å². The predicted molar refractivity (Wildman–Crippen MR) is 46.0 cm³/mol. The second kappa shape index (κ2) is 6.23. The maximum absolute atomic E-state index is 10.4. The zero-order chi connectivity index (χ0) is 8.69. The van der Waals surface area contributed by atoms with Crippen LogP contribution in [0.15, 0.2) is 11.6 Å². The number of hydrogen-bond donors (Lipinski definition) is 1. The van der Waals surface area contributed by atoms with Gasteiger partial charge in [0.1, 0.15) is 0 Å². The molecule has 64 valence electrons. The molecule has 0 atom stereocenters. The fourth-order valence-electron chi connectivity index (χ4n) is 0.679. The highest BCUT2D eigenvalue weighted by Crippen LogP contribution is 2.03. The van der Waals surface area contributed by atoms with E-state index in [1.807, 2.05) is 0 Å². The number of carboxylic acids is 1. The standard InChI is InChI=1S/C8H13ClO2/c1-2-3-4-5-7(6-9)8(10)11/h5H,2-4,6H2,1H3,(H,10,11). The van der Waals surface area contributed by atoms with Gasteiger partial charge in [0.25, 0.3) is 0 Å². The second-order valence-corrected chi connectivity index (χ2v) is 2.58. The first kappa shape index (κ1) is 10.5. The van der Waals surface area contributed by atoms with Gasteiger partial charge in [-0.25, -0.2) is 4.79 Å². The van der Waals surface area contributed by atoms with Crippen molar-refractivity contribution in [3.63, 3.8) is 0 Å². The van der Waals surface area contributed by atoms with E-state index >= 15 is 0 Å². The minimum atomic E-state index is -0.906. The maximum atomic E-state index is 10.4. The molecule has 0 aliphatic carbocycles. The van der Waals surface area contributed by atoms with Crippen molar-refractivity contribution in [1.29, 1.82) is 0 Å². The van der Waals surface area contributed by atoms with Gasteiger partial charge < -0.3 is 5.11 Å². The van der Waals surface area contributed by atoms with Gasteiger partial charge in [0.05, 0.1) is 5.88 Å². The molecule has 0 aromatic heterocycles. The molecule has 0 aromatic carbocycles. The van der Waals surface area contributed by atoms with E-state index in [-0.39, 0.29) is 5.88 Å². The third-order valence-corrected chi connectivity index (χ3v) is 1.66. The minimum absolute atomic E-state index is 0.0963. The molecule has 0 bridgehead atoms. The lowest BCUT2D eigenvalue weighted by atomic mass is 10.2. The van der Waals surface area contributed by atoms with E-state index in [0.717, 1.165) is 19.3 Å². The van der Waals surface area contributed by atoms with Crippen molar-refractivity contribution in [2.24, 2.45) is 0 Å². The summed E-state index contributed by atoms with van der Waals surface area (Å²) < 4.78 is 0. The molecule has 3 heteroatoms. The zero-order valence-corrected chi connectivity index (χ0v) is 7.40. The number of hydrogen-bond acceptors (Lipinski definition) is 1. The Morgan fingerprint density at radius 3 is 2.64 bits per heavy atom. The third-order valence-electron chi connectivity index (χ3n) is 1.37. The average Bonchev–Trinajstić information content (AvgIpc) is 1.97. The molecule has 0 aliphatic rings. The molecule has 1 N–H and O–H groups in total. The third kappa shape index (κ3) is 4.85. The maximum Gasteiger partial charge on any atom is 0.332 e. The molecule has 0 aliphatic heterocycles. The van der Waals surface area contributed by atoms with Gasteiger partial charge in [-0.1, -0.05) is 25.8 Å². The van der Waals surface area contributed by atoms with Crippen LogP contribution in [0.5, 0.6) is 0 Å². The Kier molecular flexibility index (Phi) is 5.94. The van der Waals surface area contributed by atoms with Crippen molar-refractivity contribution in [2.45, 2.75) is 26.2 Å². The number of carboxylic acid groups (broad SMARTS) is 1. The summed E-state index contributed by atoms with van der Waals surface area (Å²) in [5, 5.41) is 8.52. The van der Waals surface area contributed by atoms with Crippen molar-refractivity contribution in [2.75, 3.05) is 5.88 Å². The van der Waals surface area contributed by atoms with E-state index < -0.39 is 5.97 Å². The fraction of sp³-hybridized carbons (Fsp3) is 0.625. The summed E-state index contributed by atoms with van der Waals surface area (Å²) in [4.78, 5) is 10.4. The molecular formula is C8H13ClO2. The molecule has 0 heterocycles. The quantitative estimate of drug-likeness (QED) is 0.397. The Morgan fingerprint density at radius 2 is 2.27 bits per heavy atom. The van der Waals surface area contributed by atoms with Crippen molar-refractivity contribution in [1.82, 2.24) is 0 Å². The number of carbonyl (C=O) groups is 1. The Labute approximate surface area is 71.9 Å². The lowest BCUT2D eigenvalue weighted by Crippen LogP contribution is -2.01. The monoisotopic (exact) mass is 176 g/mol. The number of allylic oxidation sites excluding steroid dienone is 1. The van der Waals surface area contributed by atoms with Crippen molar-refractivity contribution in [3.8, 4) is 0 Å². The first-order valence-corrected chi connectivity index (χ1v) is 4.24. The van der Waals surface area contributed by atoms with Crippen LogP contribution in [0, 0.1) is 0 Å². The Balaban J connectivity index is 3.81. The summed E-state index contributed by atoms with van der Waals surface area (Å²) in [6, 6.07) is 0. The molecule has 2 nitrogen and oxygen atoms in total. The Morgan fingerprint density at radius 1 is 1.64 bits per heavy atom. The number of rotatable bonds is 5. The summed E-state index contributed by atoms with van der Waals surface area (Å²) in [6.07, 6.45) is 4.60. The molecule has 0 fully saturated rings. The largest absolute Gasteiger partial charge is 0.478 e. The van der Waals surface area contributed by atoms with Crippen molar-refractivity contribution < 1.29 is 9.90 Å². The van der Waals surface area contributed by atoms with Crippen LogP contribution < -0.4 is 0 Å². The molecule has 0 aromatic rings. The van der Waals surface area contributed by atoms with Crippen LogP contribution in [0.25, 0.3) is 0 Å². The van der Waals surface area contributed by atoms with Crippen molar-refractivity contribution in [3.05, 3.63) is 11.6 Å². The Hall–Kier alpha value is -0.500. The summed E-state index contributed by atoms with van der Waals surface area (Å²) in [5.74, 6) is -0.810. The SMILES string of the molecule is CCCCC=C(CCl)C(=O)O. The number of unbranched alkanes of at least 4 members (excludes halogenated alkanes) is 2. The Bertz CT molecular complexity index is 152. The number of halogens is 1. The molecule has 11 heavy (non-hydrogen) atoms. The molecule has 0 spiro atoms. The minimum Gasteiger partial charge on any atom is -0.478 e. The molecule has 0 radical (unpaired) electrons. The molecule has 0 unspecified atom stereocenters. The van der Waals surface area contributed by atoms with Crippen LogP contribution in [0.1, 0.15) is 26.2 Å². The van der Waals surface area contributed by atoms with Crippen LogP contribution in [-0.2, 0) is 4.79 Å². The lowest BCUT2D eigenvalue weighted by Gasteiger charge is -1.95. The van der Waals surface area contributed by atoms with Crippen LogP contribution in [-0.4, -0.2) is 17.0 Å². The highest BCUT2D eigenvalue weighted by molar-refractivity contribution is 6.22. The summed E-state index contributed by atoms with van der Waals surface area (Å²) >= 11 is 5.39. The smallest absolute Gasteiger partial charge is 0.332 e. The van der Waals surface area contributed by atoms with Crippen LogP contribution in [0.3, 0.4) is 0 Å². The number of alkyl halides is 1. The first-order chi connectivity index (χ1) is 5.22. The van der Waals surface area contributed by atoms with E-state index in [1.165, 1.54) is 0 Å². The van der Waals surface area contributed by atoms with E-state index in [9.17, 15) is 4.79 Å². The summed E-state index contributed by atoms with van der Waals surface area (Å²) in [7, 11) is 0. The van der Waals surface area contributed by atoms with E-state index in [0.29, 0.717) is 5.57 Å². The van der Waals surface area contributed by atoms with Crippen LogP contribution >= 0.6 is 11.6 Å². The second-order valence-electron chi connectivity index (χ2n) is 2.31. The molecule has 0 saturated heterocycles. The van der Waals surface area contributed by atoms with Crippen LogP contribution in [0.4, 0.5) is 0 Å². The summed E-state index contributed by atoms with van der Waals surface area (Å²) in [6.45, 7) is 2.06. The summed E-state index contributed by atoms with van der Waals surface area (Å²) in [5.41, 5.74) is 0.306. The topological polar surface area (TPSA) is 37.3 Å². The lowest BCUT2D eigenvalue weighted by molar-refractivity contribution is -0.132. The highest BCUT2D eigenvalue weighted by Gasteiger charge is 2.02.